The van der Waals surface area contributed by atoms with E-state index >= 15 is 0 Å². The van der Waals surface area contributed by atoms with Crippen LogP contribution in [0.1, 0.15) is 20.3 Å². The van der Waals surface area contributed by atoms with Crippen LogP contribution < -0.4 is 5.32 Å². The molecule has 1 heterocycles. The second-order valence-corrected chi connectivity index (χ2v) is 4.66. The molecule has 0 amide bonds. The quantitative estimate of drug-likeness (QED) is 0.563. The Balaban J connectivity index is 2.60. The lowest BCUT2D eigenvalue weighted by Gasteiger charge is -2.42. The Morgan fingerprint density at radius 1 is 1.62 bits per heavy atom. The number of aliphatic hydroxyl groups excluding tert-OH is 1. The maximum atomic E-state index is 9.72. The van der Waals surface area contributed by atoms with Gasteiger partial charge in [0.2, 0.25) is 0 Å². The van der Waals surface area contributed by atoms with Crippen molar-refractivity contribution in [3.05, 3.63) is 0 Å². The summed E-state index contributed by atoms with van der Waals surface area (Å²) in [6.45, 7) is 5.82. The van der Waals surface area contributed by atoms with E-state index in [1.807, 2.05) is 7.05 Å². The average molecular weight is 202 g/mol. The number of rotatable bonds is 0. The molecule has 1 saturated heterocycles. The molecule has 0 aliphatic carbocycles. The first-order valence-electron chi connectivity index (χ1n) is 4.62. The smallest absolute Gasteiger partial charge is 0.168 e. The third-order valence-electron chi connectivity index (χ3n) is 2.67. The number of nitrogens with zero attached hydrogens (tertiary/aromatic N) is 1. The molecule has 2 N–H and O–H groups in total. The average Bonchev–Trinajstić information content (AvgIpc) is 2.08. The van der Waals surface area contributed by atoms with Crippen LogP contribution >= 0.6 is 12.2 Å². The second kappa shape index (κ2) is 3.80. The zero-order chi connectivity index (χ0) is 10.1. The van der Waals surface area contributed by atoms with Gasteiger partial charge in [0.1, 0.15) is 0 Å². The van der Waals surface area contributed by atoms with Gasteiger partial charge in [-0.1, -0.05) is 13.8 Å². The van der Waals surface area contributed by atoms with Crippen molar-refractivity contribution >= 4 is 17.3 Å². The molecule has 76 valence electrons. The lowest BCUT2D eigenvalue weighted by Crippen LogP contribution is -2.52. The van der Waals surface area contributed by atoms with Gasteiger partial charge in [0.05, 0.1) is 6.10 Å². The van der Waals surface area contributed by atoms with Crippen LogP contribution in [0.5, 0.6) is 0 Å². The van der Waals surface area contributed by atoms with Crippen molar-refractivity contribution < 1.29 is 5.11 Å². The van der Waals surface area contributed by atoms with Crippen molar-refractivity contribution in [2.75, 3.05) is 20.1 Å². The van der Waals surface area contributed by atoms with E-state index in [2.05, 4.69) is 24.1 Å². The van der Waals surface area contributed by atoms with Crippen molar-refractivity contribution in [1.29, 1.82) is 0 Å². The first-order chi connectivity index (χ1) is 5.97. The molecule has 0 spiro atoms. The van der Waals surface area contributed by atoms with Crippen molar-refractivity contribution in [1.82, 2.24) is 10.2 Å². The Hall–Kier alpha value is -0.350. The first-order valence-corrected chi connectivity index (χ1v) is 5.03. The molecule has 1 atom stereocenters. The van der Waals surface area contributed by atoms with Gasteiger partial charge in [0, 0.05) is 25.6 Å². The van der Waals surface area contributed by atoms with Crippen LogP contribution in [0.25, 0.3) is 0 Å². The molecule has 1 fully saturated rings. The monoisotopic (exact) mass is 202 g/mol. The summed E-state index contributed by atoms with van der Waals surface area (Å²) < 4.78 is 0. The van der Waals surface area contributed by atoms with Crippen molar-refractivity contribution in [3.8, 4) is 0 Å². The second-order valence-electron chi connectivity index (χ2n) is 4.27. The van der Waals surface area contributed by atoms with Gasteiger partial charge < -0.3 is 15.3 Å². The van der Waals surface area contributed by atoms with Gasteiger partial charge in [0.25, 0.3) is 0 Å². The maximum Gasteiger partial charge on any atom is 0.168 e. The molecule has 1 unspecified atom stereocenters. The molecule has 4 heteroatoms. The lowest BCUT2D eigenvalue weighted by molar-refractivity contribution is -0.00412. The van der Waals surface area contributed by atoms with Gasteiger partial charge in [0.15, 0.2) is 5.11 Å². The number of thiocarbonyl (C=S) groups is 1. The van der Waals surface area contributed by atoms with Gasteiger partial charge in [-0.25, -0.2) is 0 Å². The van der Waals surface area contributed by atoms with Crippen LogP contribution in [-0.4, -0.2) is 41.4 Å². The van der Waals surface area contributed by atoms with E-state index in [-0.39, 0.29) is 11.5 Å². The highest BCUT2D eigenvalue weighted by Gasteiger charge is 2.35. The van der Waals surface area contributed by atoms with Gasteiger partial charge in [-0.2, -0.15) is 0 Å². The van der Waals surface area contributed by atoms with Crippen molar-refractivity contribution in [2.45, 2.75) is 26.4 Å². The predicted molar refractivity (Wildman–Crippen MR) is 57.6 cm³/mol. The van der Waals surface area contributed by atoms with Crippen LogP contribution in [0.3, 0.4) is 0 Å². The molecule has 0 saturated carbocycles. The van der Waals surface area contributed by atoms with Crippen molar-refractivity contribution in [2.24, 2.45) is 5.41 Å². The number of nitrogens with one attached hydrogen (secondary N) is 1. The summed E-state index contributed by atoms with van der Waals surface area (Å²) in [6, 6.07) is 0. The van der Waals surface area contributed by atoms with E-state index in [9.17, 15) is 5.11 Å². The molecule has 0 radical (unpaired) electrons. The standard InChI is InChI=1S/C9H18N2OS/c1-9(2)6-11(8(13)10-3)5-4-7(9)12/h7,12H,4-6H2,1-3H3,(H,10,13). The highest BCUT2D eigenvalue weighted by molar-refractivity contribution is 7.80. The Bertz CT molecular complexity index is 206. The Labute approximate surface area is 85.1 Å². The summed E-state index contributed by atoms with van der Waals surface area (Å²) in [5.41, 5.74) is -0.0564. The van der Waals surface area contributed by atoms with E-state index in [1.54, 1.807) is 0 Å². The van der Waals surface area contributed by atoms with Crippen LogP contribution in [-0.2, 0) is 0 Å². The third-order valence-corrected chi connectivity index (χ3v) is 3.14. The Morgan fingerprint density at radius 2 is 2.23 bits per heavy atom. The molecular weight excluding hydrogens is 184 g/mol. The molecular formula is C9H18N2OS. The Morgan fingerprint density at radius 3 is 2.69 bits per heavy atom. The summed E-state index contributed by atoms with van der Waals surface area (Å²) in [6.07, 6.45) is 0.595. The van der Waals surface area contributed by atoms with E-state index in [1.165, 1.54) is 0 Å². The Kier molecular flexibility index (Phi) is 3.14. The number of aliphatic hydroxyl groups is 1. The highest BCUT2D eigenvalue weighted by atomic mass is 32.1. The first kappa shape index (κ1) is 10.7. The minimum atomic E-state index is -0.205. The summed E-state index contributed by atoms with van der Waals surface area (Å²) in [5.74, 6) is 0. The molecule has 1 rings (SSSR count). The van der Waals surface area contributed by atoms with E-state index in [0.717, 1.165) is 24.6 Å². The molecule has 0 bridgehead atoms. The fourth-order valence-electron chi connectivity index (χ4n) is 1.68. The minimum absolute atomic E-state index is 0.0564. The summed E-state index contributed by atoms with van der Waals surface area (Å²) in [5, 5.41) is 13.5. The number of likely N-dealkylation sites (tertiary alicyclic amines) is 1. The summed E-state index contributed by atoms with van der Waals surface area (Å²) in [7, 11) is 1.83. The summed E-state index contributed by atoms with van der Waals surface area (Å²) in [4.78, 5) is 2.11. The van der Waals surface area contributed by atoms with Crippen molar-refractivity contribution in [3.63, 3.8) is 0 Å². The number of piperidine rings is 1. The zero-order valence-corrected chi connectivity index (χ0v) is 9.32. The maximum absolute atomic E-state index is 9.72. The topological polar surface area (TPSA) is 35.5 Å². The molecule has 0 aromatic carbocycles. The van der Waals surface area contributed by atoms with Gasteiger partial charge >= 0.3 is 0 Å². The third kappa shape index (κ3) is 2.31. The fraction of sp³-hybridized carbons (Fsp3) is 0.889. The van der Waals surface area contributed by atoms with E-state index in [4.69, 9.17) is 12.2 Å². The molecule has 3 nitrogen and oxygen atoms in total. The van der Waals surface area contributed by atoms with E-state index in [0.29, 0.717) is 0 Å². The molecule has 1 aliphatic heterocycles. The molecule has 13 heavy (non-hydrogen) atoms. The van der Waals surface area contributed by atoms with Crippen LogP contribution in [0.2, 0.25) is 0 Å². The lowest BCUT2D eigenvalue weighted by atomic mass is 9.81. The normalized spacial score (nSPS) is 27.1. The van der Waals surface area contributed by atoms with Crippen LogP contribution in [0.4, 0.5) is 0 Å². The highest BCUT2D eigenvalue weighted by Crippen LogP contribution is 2.28. The molecule has 1 aliphatic rings. The predicted octanol–water partition coefficient (Wildman–Crippen LogP) is 0.583. The number of hydrogen-bond acceptors (Lipinski definition) is 2. The molecule has 0 aromatic rings. The largest absolute Gasteiger partial charge is 0.392 e. The van der Waals surface area contributed by atoms with Gasteiger partial charge in [-0.15, -0.1) is 0 Å². The number of hydrogen-bond donors (Lipinski definition) is 2. The SMILES string of the molecule is CNC(=S)N1CCC(O)C(C)(C)C1. The van der Waals surface area contributed by atoms with Crippen LogP contribution in [0.15, 0.2) is 0 Å². The van der Waals surface area contributed by atoms with Gasteiger partial charge in [-0.3, -0.25) is 0 Å². The minimum Gasteiger partial charge on any atom is -0.392 e. The summed E-state index contributed by atoms with van der Waals surface area (Å²) >= 11 is 5.15. The molecule has 0 aromatic heterocycles. The zero-order valence-electron chi connectivity index (χ0n) is 8.50. The van der Waals surface area contributed by atoms with Crippen LogP contribution in [0, 0.1) is 5.41 Å². The van der Waals surface area contributed by atoms with E-state index < -0.39 is 0 Å². The van der Waals surface area contributed by atoms with Gasteiger partial charge in [-0.05, 0) is 18.6 Å². The fourth-order valence-corrected chi connectivity index (χ4v) is 1.83.